The number of nitriles is 1. The van der Waals surface area contributed by atoms with Crippen molar-refractivity contribution in [2.75, 3.05) is 11.9 Å². The summed E-state index contributed by atoms with van der Waals surface area (Å²) in [6, 6.07) is 9.13. The van der Waals surface area contributed by atoms with E-state index in [1.54, 1.807) is 31.3 Å². The average molecular weight is 259 g/mol. The molecule has 0 heterocycles. The van der Waals surface area contributed by atoms with E-state index in [9.17, 15) is 4.79 Å². The van der Waals surface area contributed by atoms with Gasteiger partial charge in [-0.25, -0.2) is 0 Å². The van der Waals surface area contributed by atoms with E-state index in [1.807, 2.05) is 27.7 Å². The maximum Gasteiger partial charge on any atom is 0.234 e. The monoisotopic (exact) mass is 259 g/mol. The second-order valence-electron chi connectivity index (χ2n) is 5.84. The first-order valence-electron chi connectivity index (χ1n) is 6.19. The van der Waals surface area contributed by atoms with Gasteiger partial charge >= 0.3 is 0 Å². The van der Waals surface area contributed by atoms with Crippen molar-refractivity contribution in [2.45, 2.75) is 33.2 Å². The first-order valence-corrected chi connectivity index (χ1v) is 6.19. The molecule has 1 aromatic carbocycles. The third-order valence-electron chi connectivity index (χ3n) is 3.84. The quantitative estimate of drug-likeness (QED) is 0.905. The number of para-hydroxylation sites is 1. The van der Waals surface area contributed by atoms with Gasteiger partial charge in [0.25, 0.3) is 0 Å². The van der Waals surface area contributed by atoms with Gasteiger partial charge in [0.1, 0.15) is 6.07 Å². The number of nitrogens with two attached hydrogens (primary N) is 1. The Bertz CT molecular complexity index is 521. The molecule has 1 rings (SSSR count). The standard InChI is InChI=1S/C15H21N3O/c1-14(2,15(3,4)17)13(19)18(5)12-9-7-6-8-11(12)10-16/h6-9H,17H2,1-5H3. The molecule has 4 nitrogen and oxygen atoms in total. The van der Waals surface area contributed by atoms with Gasteiger partial charge in [0.15, 0.2) is 0 Å². The molecule has 0 aliphatic carbocycles. The van der Waals surface area contributed by atoms with Gasteiger partial charge in [0.2, 0.25) is 5.91 Å². The minimum absolute atomic E-state index is 0.109. The molecule has 0 bridgehead atoms. The average Bonchev–Trinajstić information content (AvgIpc) is 2.35. The van der Waals surface area contributed by atoms with Gasteiger partial charge < -0.3 is 10.6 Å². The van der Waals surface area contributed by atoms with Gasteiger partial charge in [0, 0.05) is 12.6 Å². The fourth-order valence-electron chi connectivity index (χ4n) is 1.66. The van der Waals surface area contributed by atoms with E-state index in [2.05, 4.69) is 6.07 Å². The van der Waals surface area contributed by atoms with Gasteiger partial charge in [0.05, 0.1) is 16.7 Å². The topological polar surface area (TPSA) is 70.1 Å². The molecule has 4 heteroatoms. The van der Waals surface area contributed by atoms with Crippen LogP contribution in [0.4, 0.5) is 5.69 Å². The molecule has 0 aliphatic rings. The van der Waals surface area contributed by atoms with Gasteiger partial charge in [-0.05, 0) is 39.8 Å². The lowest BCUT2D eigenvalue weighted by Crippen LogP contribution is -2.56. The number of rotatable bonds is 3. The molecule has 1 amide bonds. The first-order chi connectivity index (χ1) is 8.63. The van der Waals surface area contributed by atoms with E-state index in [4.69, 9.17) is 11.0 Å². The fourth-order valence-corrected chi connectivity index (χ4v) is 1.66. The summed E-state index contributed by atoms with van der Waals surface area (Å²) in [5, 5.41) is 9.10. The Balaban J connectivity index is 3.18. The summed E-state index contributed by atoms with van der Waals surface area (Å²) < 4.78 is 0. The number of hydrogen-bond donors (Lipinski definition) is 1. The molecule has 0 saturated carbocycles. The molecule has 102 valence electrons. The molecule has 0 unspecified atom stereocenters. The maximum absolute atomic E-state index is 12.6. The van der Waals surface area contributed by atoms with Crippen LogP contribution in [-0.2, 0) is 4.79 Å². The first kappa shape index (κ1) is 15.2. The lowest BCUT2D eigenvalue weighted by molar-refractivity contribution is -0.129. The Morgan fingerprint density at radius 3 is 2.26 bits per heavy atom. The Hall–Kier alpha value is -1.86. The van der Waals surface area contributed by atoms with Crippen LogP contribution in [-0.4, -0.2) is 18.5 Å². The minimum atomic E-state index is -0.732. The second kappa shape index (κ2) is 5.02. The Morgan fingerprint density at radius 1 is 1.26 bits per heavy atom. The highest BCUT2D eigenvalue weighted by atomic mass is 16.2. The number of hydrogen-bond acceptors (Lipinski definition) is 3. The molecule has 19 heavy (non-hydrogen) atoms. The Morgan fingerprint density at radius 2 is 1.79 bits per heavy atom. The Labute approximate surface area is 114 Å². The molecular weight excluding hydrogens is 238 g/mol. The minimum Gasteiger partial charge on any atom is -0.325 e. The summed E-state index contributed by atoms with van der Waals surface area (Å²) in [7, 11) is 1.67. The van der Waals surface area contributed by atoms with E-state index in [-0.39, 0.29) is 5.91 Å². The van der Waals surface area contributed by atoms with Crippen LogP contribution in [0.25, 0.3) is 0 Å². The van der Waals surface area contributed by atoms with Crippen molar-refractivity contribution in [1.82, 2.24) is 0 Å². The van der Waals surface area contributed by atoms with Crippen LogP contribution in [0.1, 0.15) is 33.3 Å². The van der Waals surface area contributed by atoms with E-state index in [1.165, 1.54) is 4.90 Å². The van der Waals surface area contributed by atoms with Crippen LogP contribution in [0.2, 0.25) is 0 Å². The van der Waals surface area contributed by atoms with E-state index in [0.29, 0.717) is 11.3 Å². The van der Waals surface area contributed by atoms with E-state index >= 15 is 0 Å². The molecular formula is C15H21N3O. The summed E-state index contributed by atoms with van der Waals surface area (Å²) in [6.07, 6.45) is 0. The summed E-state index contributed by atoms with van der Waals surface area (Å²) in [5.74, 6) is -0.109. The van der Waals surface area contributed by atoms with E-state index in [0.717, 1.165) is 0 Å². The fraction of sp³-hybridized carbons (Fsp3) is 0.467. The zero-order chi connectivity index (χ0) is 14.8. The number of benzene rings is 1. The maximum atomic E-state index is 12.6. The van der Waals surface area contributed by atoms with Crippen molar-refractivity contribution in [3.63, 3.8) is 0 Å². The molecule has 0 atom stereocenters. The van der Waals surface area contributed by atoms with Gasteiger partial charge in [-0.15, -0.1) is 0 Å². The Kier molecular flexibility index (Phi) is 4.02. The normalized spacial score (nSPS) is 11.8. The number of carbonyl (C=O) groups is 1. The lowest BCUT2D eigenvalue weighted by atomic mass is 9.74. The smallest absolute Gasteiger partial charge is 0.234 e. The second-order valence-corrected chi connectivity index (χ2v) is 5.84. The van der Waals surface area contributed by atoms with Gasteiger partial charge in [-0.3, -0.25) is 4.79 Å². The highest BCUT2D eigenvalue weighted by molar-refractivity contribution is 5.98. The van der Waals surface area contributed by atoms with Crippen molar-refractivity contribution in [3.05, 3.63) is 29.8 Å². The van der Waals surface area contributed by atoms with E-state index < -0.39 is 11.0 Å². The zero-order valence-electron chi connectivity index (χ0n) is 12.2. The molecule has 0 aromatic heterocycles. The third kappa shape index (κ3) is 2.77. The zero-order valence-corrected chi connectivity index (χ0v) is 12.2. The summed E-state index contributed by atoms with van der Waals surface area (Å²) >= 11 is 0. The molecule has 2 N–H and O–H groups in total. The van der Waals surface area contributed by atoms with Crippen LogP contribution in [0.3, 0.4) is 0 Å². The van der Waals surface area contributed by atoms with Crippen LogP contribution in [0.15, 0.2) is 24.3 Å². The van der Waals surface area contributed by atoms with Crippen LogP contribution >= 0.6 is 0 Å². The third-order valence-corrected chi connectivity index (χ3v) is 3.84. The number of anilines is 1. The highest BCUT2D eigenvalue weighted by Crippen LogP contribution is 2.32. The SMILES string of the molecule is CN(C(=O)C(C)(C)C(C)(C)N)c1ccccc1C#N. The lowest BCUT2D eigenvalue weighted by Gasteiger charge is -2.39. The molecule has 0 fully saturated rings. The molecule has 0 spiro atoms. The van der Waals surface area contributed by atoms with Crippen LogP contribution in [0, 0.1) is 16.7 Å². The number of carbonyl (C=O) groups excluding carboxylic acids is 1. The van der Waals surface area contributed by atoms with Gasteiger partial charge in [-0.1, -0.05) is 12.1 Å². The van der Waals surface area contributed by atoms with Gasteiger partial charge in [-0.2, -0.15) is 5.26 Å². The van der Waals surface area contributed by atoms with Crippen molar-refractivity contribution in [1.29, 1.82) is 5.26 Å². The van der Waals surface area contributed by atoms with Crippen molar-refractivity contribution in [2.24, 2.45) is 11.1 Å². The van der Waals surface area contributed by atoms with Crippen molar-refractivity contribution in [3.8, 4) is 6.07 Å². The summed E-state index contributed by atoms with van der Waals surface area (Å²) in [6.45, 7) is 7.30. The summed E-state index contributed by atoms with van der Waals surface area (Å²) in [5.41, 5.74) is 5.78. The molecule has 0 aliphatic heterocycles. The molecule has 0 saturated heterocycles. The number of amides is 1. The van der Waals surface area contributed by atoms with Crippen LogP contribution < -0.4 is 10.6 Å². The predicted molar refractivity (Wildman–Crippen MR) is 76.6 cm³/mol. The van der Waals surface area contributed by atoms with Crippen molar-refractivity contribution >= 4 is 11.6 Å². The number of nitrogens with zero attached hydrogens (tertiary/aromatic N) is 2. The molecule has 1 aromatic rings. The van der Waals surface area contributed by atoms with Crippen molar-refractivity contribution < 1.29 is 4.79 Å². The predicted octanol–water partition coefficient (Wildman–Crippen LogP) is 2.28. The summed E-state index contributed by atoms with van der Waals surface area (Å²) in [4.78, 5) is 14.1. The van der Waals surface area contributed by atoms with Crippen LogP contribution in [0.5, 0.6) is 0 Å². The molecule has 0 radical (unpaired) electrons. The highest BCUT2D eigenvalue weighted by Gasteiger charge is 2.42. The largest absolute Gasteiger partial charge is 0.325 e.